The average Bonchev–Trinajstić information content (AvgIpc) is 2.06. The molecule has 0 amide bonds. The number of hydrogen-bond donors (Lipinski definition) is 1. The Balaban J connectivity index is 2.96. The summed E-state index contributed by atoms with van der Waals surface area (Å²) in [7, 11) is 0. The third kappa shape index (κ3) is 3.27. The van der Waals surface area contributed by atoms with Crippen molar-refractivity contribution in [3.63, 3.8) is 0 Å². The second kappa shape index (κ2) is 3.93. The summed E-state index contributed by atoms with van der Waals surface area (Å²) in [4.78, 5) is 11.7. The molecule has 0 atom stereocenters. The summed E-state index contributed by atoms with van der Waals surface area (Å²) in [6, 6.07) is 4.85. The maximum atomic E-state index is 11.7. The lowest BCUT2D eigenvalue weighted by molar-refractivity contribution is 0.00667. The van der Waals surface area contributed by atoms with E-state index in [1.54, 1.807) is 32.9 Å². The zero-order chi connectivity index (χ0) is 11.6. The van der Waals surface area contributed by atoms with Crippen LogP contribution in [0.5, 0.6) is 5.75 Å². The number of phenolic OH excluding ortho intramolecular Hbond substituents is 1. The fourth-order valence-corrected chi connectivity index (χ4v) is 1.15. The molecule has 0 aliphatic carbocycles. The minimum absolute atomic E-state index is 0.0464. The monoisotopic (exact) mass is 208 g/mol. The Kier molecular flexibility index (Phi) is 3.03. The number of rotatable bonds is 1. The first kappa shape index (κ1) is 11.6. The van der Waals surface area contributed by atoms with E-state index >= 15 is 0 Å². The Morgan fingerprint density at radius 2 is 1.93 bits per heavy atom. The van der Waals surface area contributed by atoms with Crippen LogP contribution in [0.15, 0.2) is 18.2 Å². The van der Waals surface area contributed by atoms with Gasteiger partial charge in [0, 0.05) is 0 Å². The highest BCUT2D eigenvalue weighted by molar-refractivity contribution is 5.92. The van der Waals surface area contributed by atoms with Crippen molar-refractivity contribution in [2.75, 3.05) is 0 Å². The van der Waals surface area contributed by atoms with Crippen LogP contribution in [0.2, 0.25) is 0 Å². The van der Waals surface area contributed by atoms with Crippen LogP contribution in [-0.2, 0) is 4.74 Å². The van der Waals surface area contributed by atoms with E-state index in [1.165, 1.54) is 6.07 Å². The van der Waals surface area contributed by atoms with E-state index in [1.807, 2.05) is 6.92 Å². The first-order chi connectivity index (χ1) is 6.79. The van der Waals surface area contributed by atoms with Crippen LogP contribution in [0.4, 0.5) is 0 Å². The van der Waals surface area contributed by atoms with Crippen LogP contribution in [0, 0.1) is 6.92 Å². The molecule has 0 heterocycles. The quantitative estimate of drug-likeness (QED) is 0.722. The topological polar surface area (TPSA) is 46.5 Å². The van der Waals surface area contributed by atoms with Gasteiger partial charge in [-0.25, -0.2) is 4.79 Å². The summed E-state index contributed by atoms with van der Waals surface area (Å²) in [6.07, 6.45) is 0. The number of aryl methyl sites for hydroxylation is 1. The summed E-state index contributed by atoms with van der Waals surface area (Å²) in [5.41, 5.74) is 0.575. The van der Waals surface area contributed by atoms with Gasteiger partial charge in [-0.05, 0) is 39.8 Å². The smallest absolute Gasteiger partial charge is 0.342 e. The predicted octanol–water partition coefficient (Wildman–Crippen LogP) is 2.66. The normalized spacial score (nSPS) is 11.2. The van der Waals surface area contributed by atoms with E-state index in [-0.39, 0.29) is 11.3 Å². The standard InChI is InChI=1S/C12H16O3/c1-8-5-6-10(13)9(7-8)11(14)15-12(2,3)4/h5-7,13H,1-4H3. The van der Waals surface area contributed by atoms with Gasteiger partial charge < -0.3 is 9.84 Å². The molecule has 3 heteroatoms. The molecule has 15 heavy (non-hydrogen) atoms. The van der Waals surface area contributed by atoms with Gasteiger partial charge in [-0.15, -0.1) is 0 Å². The summed E-state index contributed by atoms with van der Waals surface area (Å²) < 4.78 is 5.16. The fraction of sp³-hybridized carbons (Fsp3) is 0.417. The van der Waals surface area contributed by atoms with Crippen LogP contribution in [0.1, 0.15) is 36.7 Å². The van der Waals surface area contributed by atoms with Gasteiger partial charge in [-0.3, -0.25) is 0 Å². The SMILES string of the molecule is Cc1ccc(O)c(C(=O)OC(C)(C)C)c1. The van der Waals surface area contributed by atoms with Crippen molar-refractivity contribution in [3.8, 4) is 5.75 Å². The highest BCUT2D eigenvalue weighted by Crippen LogP contribution is 2.21. The first-order valence-corrected chi connectivity index (χ1v) is 4.82. The van der Waals surface area contributed by atoms with Gasteiger partial charge >= 0.3 is 5.97 Å². The number of aromatic hydroxyl groups is 1. The van der Waals surface area contributed by atoms with Crippen molar-refractivity contribution in [1.82, 2.24) is 0 Å². The molecular formula is C12H16O3. The largest absolute Gasteiger partial charge is 0.507 e. The Labute approximate surface area is 89.7 Å². The number of carbonyl (C=O) groups is 1. The molecule has 0 radical (unpaired) electrons. The second-order valence-corrected chi connectivity index (χ2v) is 4.52. The number of carbonyl (C=O) groups excluding carboxylic acids is 1. The molecule has 0 bridgehead atoms. The molecule has 1 rings (SSSR count). The zero-order valence-electron chi connectivity index (χ0n) is 9.50. The fourth-order valence-electron chi connectivity index (χ4n) is 1.15. The van der Waals surface area contributed by atoms with Crippen molar-refractivity contribution < 1.29 is 14.6 Å². The second-order valence-electron chi connectivity index (χ2n) is 4.52. The van der Waals surface area contributed by atoms with E-state index in [0.717, 1.165) is 5.56 Å². The molecule has 1 aromatic rings. The molecule has 0 saturated heterocycles. The summed E-state index contributed by atoms with van der Waals surface area (Å²) in [5, 5.41) is 9.50. The summed E-state index contributed by atoms with van der Waals surface area (Å²) in [6.45, 7) is 7.22. The summed E-state index contributed by atoms with van der Waals surface area (Å²) in [5.74, 6) is -0.543. The molecule has 1 N–H and O–H groups in total. The Hall–Kier alpha value is -1.51. The molecule has 0 aromatic heterocycles. The van der Waals surface area contributed by atoms with Gasteiger partial charge in [-0.1, -0.05) is 11.6 Å². The van der Waals surface area contributed by atoms with Gasteiger partial charge in [0.15, 0.2) is 0 Å². The van der Waals surface area contributed by atoms with Crippen LogP contribution in [0.25, 0.3) is 0 Å². The van der Waals surface area contributed by atoms with Crippen molar-refractivity contribution in [3.05, 3.63) is 29.3 Å². The lowest BCUT2D eigenvalue weighted by Gasteiger charge is -2.19. The van der Waals surface area contributed by atoms with Crippen LogP contribution < -0.4 is 0 Å². The molecular weight excluding hydrogens is 192 g/mol. The number of benzene rings is 1. The zero-order valence-corrected chi connectivity index (χ0v) is 9.50. The van der Waals surface area contributed by atoms with Gasteiger partial charge in [-0.2, -0.15) is 0 Å². The molecule has 0 unspecified atom stereocenters. The van der Waals surface area contributed by atoms with Gasteiger partial charge in [0.1, 0.15) is 16.9 Å². The van der Waals surface area contributed by atoms with E-state index in [4.69, 9.17) is 4.74 Å². The molecule has 82 valence electrons. The lowest BCUT2D eigenvalue weighted by atomic mass is 10.1. The molecule has 0 spiro atoms. The molecule has 0 aliphatic heterocycles. The Bertz CT molecular complexity index is 375. The van der Waals surface area contributed by atoms with Crippen molar-refractivity contribution >= 4 is 5.97 Å². The molecule has 0 fully saturated rings. The number of ether oxygens (including phenoxy) is 1. The number of esters is 1. The first-order valence-electron chi connectivity index (χ1n) is 4.82. The van der Waals surface area contributed by atoms with Crippen molar-refractivity contribution in [2.24, 2.45) is 0 Å². The van der Waals surface area contributed by atoms with E-state index in [9.17, 15) is 9.90 Å². The van der Waals surface area contributed by atoms with Gasteiger partial charge in [0.2, 0.25) is 0 Å². The highest BCUT2D eigenvalue weighted by Gasteiger charge is 2.20. The minimum Gasteiger partial charge on any atom is -0.507 e. The van der Waals surface area contributed by atoms with Crippen LogP contribution >= 0.6 is 0 Å². The molecule has 1 aromatic carbocycles. The number of phenols is 1. The average molecular weight is 208 g/mol. The van der Waals surface area contributed by atoms with Crippen molar-refractivity contribution in [2.45, 2.75) is 33.3 Å². The van der Waals surface area contributed by atoms with E-state index in [2.05, 4.69) is 0 Å². The maximum Gasteiger partial charge on any atom is 0.342 e. The van der Waals surface area contributed by atoms with E-state index < -0.39 is 11.6 Å². The number of hydrogen-bond acceptors (Lipinski definition) is 3. The predicted molar refractivity (Wildman–Crippen MR) is 58.0 cm³/mol. The van der Waals surface area contributed by atoms with Crippen LogP contribution in [-0.4, -0.2) is 16.7 Å². The molecule has 3 nitrogen and oxygen atoms in total. The van der Waals surface area contributed by atoms with Crippen LogP contribution in [0.3, 0.4) is 0 Å². The molecule has 0 aliphatic rings. The van der Waals surface area contributed by atoms with Crippen molar-refractivity contribution in [1.29, 1.82) is 0 Å². The highest BCUT2D eigenvalue weighted by atomic mass is 16.6. The maximum absolute atomic E-state index is 11.7. The lowest BCUT2D eigenvalue weighted by Crippen LogP contribution is -2.23. The van der Waals surface area contributed by atoms with Gasteiger partial charge in [0.05, 0.1) is 0 Å². The molecule has 0 saturated carbocycles. The Morgan fingerprint density at radius 3 is 2.47 bits per heavy atom. The third-order valence-corrected chi connectivity index (χ3v) is 1.77. The Morgan fingerprint density at radius 1 is 1.33 bits per heavy atom. The third-order valence-electron chi connectivity index (χ3n) is 1.77. The van der Waals surface area contributed by atoms with E-state index in [0.29, 0.717) is 0 Å². The summed E-state index contributed by atoms with van der Waals surface area (Å²) >= 11 is 0. The minimum atomic E-state index is -0.548. The van der Waals surface area contributed by atoms with Gasteiger partial charge in [0.25, 0.3) is 0 Å².